The molecule has 1 aliphatic rings. The van der Waals surface area contributed by atoms with Gasteiger partial charge in [0.05, 0.1) is 18.0 Å². The maximum Gasteiger partial charge on any atom is 0.234 e. The minimum absolute atomic E-state index is 0.0832. The van der Waals surface area contributed by atoms with Gasteiger partial charge in [-0.05, 0) is 38.1 Å². The van der Waals surface area contributed by atoms with Gasteiger partial charge in [0.1, 0.15) is 0 Å². The molecule has 1 aliphatic heterocycles. The Balaban J connectivity index is 1.52. The molecule has 2 aromatic rings. The van der Waals surface area contributed by atoms with E-state index in [4.69, 9.17) is 10.5 Å². The number of anilines is 3. The fourth-order valence-electron chi connectivity index (χ4n) is 2.75. The number of amides is 1. The van der Waals surface area contributed by atoms with Gasteiger partial charge in [-0.1, -0.05) is 23.1 Å². The zero-order valence-corrected chi connectivity index (χ0v) is 15.8. The largest absolute Gasteiger partial charge is 0.374 e. The lowest BCUT2D eigenvalue weighted by Crippen LogP contribution is -2.45. The smallest absolute Gasteiger partial charge is 0.234 e. The standard InChI is InChI=1S/C16H21N5O2S2/c1-10-7-21(8-11(2)23-10)13-5-3-12(4-6-13)18-14(22)9-24-16-20-19-15(17)25-16/h3-6,10-11H,7-9H2,1-2H3,(H2,17,19)(H,18,22)/t10-,11+. The summed E-state index contributed by atoms with van der Waals surface area (Å²) in [6.45, 7) is 5.91. The van der Waals surface area contributed by atoms with E-state index in [-0.39, 0.29) is 23.9 Å². The summed E-state index contributed by atoms with van der Waals surface area (Å²) < 4.78 is 6.45. The Morgan fingerprint density at radius 3 is 2.60 bits per heavy atom. The third kappa shape index (κ3) is 5.07. The van der Waals surface area contributed by atoms with Gasteiger partial charge < -0.3 is 20.7 Å². The van der Waals surface area contributed by atoms with Crippen LogP contribution >= 0.6 is 23.1 Å². The fourth-order valence-corrected chi connectivity index (χ4v) is 4.18. The number of benzene rings is 1. The van der Waals surface area contributed by atoms with E-state index in [0.29, 0.717) is 9.47 Å². The number of carbonyl (C=O) groups is 1. The van der Waals surface area contributed by atoms with Crippen molar-refractivity contribution in [3.05, 3.63) is 24.3 Å². The molecule has 1 fully saturated rings. The molecular formula is C16H21N5O2S2. The van der Waals surface area contributed by atoms with Gasteiger partial charge in [0.15, 0.2) is 4.34 Å². The minimum atomic E-state index is -0.0832. The van der Waals surface area contributed by atoms with Crippen LogP contribution in [0.2, 0.25) is 0 Å². The molecule has 7 nitrogen and oxygen atoms in total. The molecule has 0 radical (unpaired) electrons. The zero-order valence-electron chi connectivity index (χ0n) is 14.1. The summed E-state index contributed by atoms with van der Waals surface area (Å²) in [6, 6.07) is 7.90. The average Bonchev–Trinajstić information content (AvgIpc) is 2.98. The van der Waals surface area contributed by atoms with Gasteiger partial charge >= 0.3 is 0 Å². The normalized spacial score (nSPS) is 20.5. The van der Waals surface area contributed by atoms with Gasteiger partial charge in [-0.25, -0.2) is 0 Å². The highest BCUT2D eigenvalue weighted by Gasteiger charge is 2.22. The van der Waals surface area contributed by atoms with Gasteiger partial charge in [-0.3, -0.25) is 4.79 Å². The first-order valence-electron chi connectivity index (χ1n) is 8.01. The molecular weight excluding hydrogens is 358 g/mol. The van der Waals surface area contributed by atoms with Crippen molar-refractivity contribution >= 4 is 45.5 Å². The van der Waals surface area contributed by atoms with Gasteiger partial charge in [-0.2, -0.15) is 0 Å². The van der Waals surface area contributed by atoms with Crippen LogP contribution in [-0.2, 0) is 9.53 Å². The lowest BCUT2D eigenvalue weighted by atomic mass is 10.2. The number of nitrogens with two attached hydrogens (primary N) is 1. The van der Waals surface area contributed by atoms with E-state index in [0.717, 1.165) is 24.5 Å². The van der Waals surface area contributed by atoms with Crippen LogP contribution in [-0.4, -0.2) is 47.2 Å². The third-order valence-corrected chi connectivity index (χ3v) is 5.57. The molecule has 0 spiro atoms. The van der Waals surface area contributed by atoms with Crippen LogP contribution in [0.3, 0.4) is 0 Å². The molecule has 0 unspecified atom stereocenters. The second-order valence-corrected chi connectivity index (χ2v) is 8.18. The number of hydrogen-bond donors (Lipinski definition) is 2. The lowest BCUT2D eigenvalue weighted by Gasteiger charge is -2.36. The van der Waals surface area contributed by atoms with Gasteiger partial charge in [-0.15, -0.1) is 10.2 Å². The Labute approximate surface area is 154 Å². The molecule has 2 atom stereocenters. The van der Waals surface area contributed by atoms with Crippen molar-refractivity contribution in [1.29, 1.82) is 0 Å². The molecule has 0 bridgehead atoms. The molecule has 1 saturated heterocycles. The number of rotatable bonds is 5. The van der Waals surface area contributed by atoms with Gasteiger partial charge in [0.2, 0.25) is 11.0 Å². The quantitative estimate of drug-likeness (QED) is 0.771. The summed E-state index contributed by atoms with van der Waals surface area (Å²) in [6.07, 6.45) is 0.434. The number of nitrogens with one attached hydrogen (secondary N) is 1. The zero-order chi connectivity index (χ0) is 17.8. The van der Waals surface area contributed by atoms with Crippen molar-refractivity contribution in [2.45, 2.75) is 30.4 Å². The van der Waals surface area contributed by atoms with Crippen LogP contribution in [0.4, 0.5) is 16.5 Å². The van der Waals surface area contributed by atoms with E-state index in [1.807, 2.05) is 24.3 Å². The number of nitrogens with zero attached hydrogens (tertiary/aromatic N) is 3. The van der Waals surface area contributed by atoms with Crippen LogP contribution < -0.4 is 16.0 Å². The number of carbonyl (C=O) groups excluding carboxylic acids is 1. The van der Waals surface area contributed by atoms with Crippen LogP contribution in [0.1, 0.15) is 13.8 Å². The monoisotopic (exact) mass is 379 g/mol. The first-order chi connectivity index (χ1) is 12.0. The predicted octanol–water partition coefficient (Wildman–Crippen LogP) is 2.46. The molecule has 1 aromatic carbocycles. The number of aromatic nitrogens is 2. The molecule has 2 heterocycles. The lowest BCUT2D eigenvalue weighted by molar-refractivity contribution is -0.113. The summed E-state index contributed by atoms with van der Waals surface area (Å²) in [7, 11) is 0. The van der Waals surface area contributed by atoms with E-state index >= 15 is 0 Å². The predicted molar refractivity (Wildman–Crippen MR) is 102 cm³/mol. The Morgan fingerprint density at radius 1 is 1.32 bits per heavy atom. The Morgan fingerprint density at radius 2 is 2.00 bits per heavy atom. The molecule has 1 amide bonds. The van der Waals surface area contributed by atoms with Gasteiger partial charge in [0.25, 0.3) is 0 Å². The molecule has 9 heteroatoms. The maximum absolute atomic E-state index is 12.0. The summed E-state index contributed by atoms with van der Waals surface area (Å²) in [4.78, 5) is 14.3. The molecule has 3 rings (SSSR count). The molecule has 25 heavy (non-hydrogen) atoms. The minimum Gasteiger partial charge on any atom is -0.374 e. The number of morpholine rings is 1. The van der Waals surface area contributed by atoms with Gasteiger partial charge in [0, 0.05) is 24.5 Å². The SMILES string of the molecule is C[C@@H]1CN(c2ccc(NC(=O)CSc3nnc(N)s3)cc2)C[C@H](C)O1. The Bertz CT molecular complexity index is 712. The van der Waals surface area contributed by atoms with Crippen molar-refractivity contribution in [3.63, 3.8) is 0 Å². The molecule has 1 aromatic heterocycles. The highest BCUT2D eigenvalue weighted by molar-refractivity contribution is 8.01. The summed E-state index contributed by atoms with van der Waals surface area (Å²) >= 11 is 2.60. The van der Waals surface area contributed by atoms with E-state index in [1.54, 1.807) is 0 Å². The number of ether oxygens (including phenoxy) is 1. The Hall–Kier alpha value is -1.84. The topological polar surface area (TPSA) is 93.4 Å². The van der Waals surface area contributed by atoms with Crippen molar-refractivity contribution in [1.82, 2.24) is 10.2 Å². The molecule has 0 aliphatic carbocycles. The summed E-state index contributed by atoms with van der Waals surface area (Å²) in [5.41, 5.74) is 7.44. The van der Waals surface area contributed by atoms with Crippen molar-refractivity contribution in [3.8, 4) is 0 Å². The molecule has 134 valence electrons. The highest BCUT2D eigenvalue weighted by Crippen LogP contribution is 2.24. The maximum atomic E-state index is 12.0. The first-order valence-corrected chi connectivity index (χ1v) is 9.82. The van der Waals surface area contributed by atoms with Crippen molar-refractivity contribution in [2.75, 3.05) is 34.8 Å². The third-order valence-electron chi connectivity index (χ3n) is 3.68. The molecule has 3 N–H and O–H groups in total. The van der Waals surface area contributed by atoms with Crippen molar-refractivity contribution in [2.24, 2.45) is 0 Å². The highest BCUT2D eigenvalue weighted by atomic mass is 32.2. The number of nitrogen functional groups attached to an aromatic ring is 1. The second kappa shape index (κ2) is 8.03. The summed E-state index contributed by atoms with van der Waals surface area (Å²) in [5, 5.41) is 10.9. The van der Waals surface area contributed by atoms with Crippen LogP contribution in [0.15, 0.2) is 28.6 Å². The first kappa shape index (κ1) is 18.0. The van der Waals surface area contributed by atoms with E-state index in [1.165, 1.54) is 23.1 Å². The number of thioether (sulfide) groups is 1. The second-order valence-electron chi connectivity index (χ2n) is 5.95. The van der Waals surface area contributed by atoms with E-state index in [2.05, 4.69) is 34.3 Å². The van der Waals surface area contributed by atoms with Crippen LogP contribution in [0, 0.1) is 0 Å². The van der Waals surface area contributed by atoms with E-state index in [9.17, 15) is 4.79 Å². The fraction of sp³-hybridized carbons (Fsp3) is 0.438. The average molecular weight is 380 g/mol. The van der Waals surface area contributed by atoms with Crippen LogP contribution in [0.5, 0.6) is 0 Å². The van der Waals surface area contributed by atoms with E-state index < -0.39 is 0 Å². The van der Waals surface area contributed by atoms with Crippen molar-refractivity contribution < 1.29 is 9.53 Å². The number of hydrogen-bond acceptors (Lipinski definition) is 8. The summed E-state index contributed by atoms with van der Waals surface area (Å²) in [5.74, 6) is 0.189. The Kier molecular flexibility index (Phi) is 5.77. The van der Waals surface area contributed by atoms with Crippen LogP contribution in [0.25, 0.3) is 0 Å². The molecule has 0 saturated carbocycles.